The number of amides is 1. The van der Waals surface area contributed by atoms with Gasteiger partial charge in [0, 0.05) is 26.1 Å². The Morgan fingerprint density at radius 2 is 2.06 bits per heavy atom. The van der Waals surface area contributed by atoms with E-state index in [1.165, 1.54) is 19.4 Å². The van der Waals surface area contributed by atoms with Crippen molar-refractivity contribution in [3.8, 4) is 0 Å². The fourth-order valence-electron chi connectivity index (χ4n) is 3.85. The largest absolute Gasteiger partial charge is 0.343 e. The minimum absolute atomic E-state index is 0.228. The van der Waals surface area contributed by atoms with E-state index in [-0.39, 0.29) is 5.91 Å². The zero-order valence-corrected chi connectivity index (χ0v) is 11.3. The summed E-state index contributed by atoms with van der Waals surface area (Å²) in [4.78, 5) is 13.2. The van der Waals surface area contributed by atoms with E-state index in [4.69, 9.17) is 0 Å². The van der Waals surface area contributed by atoms with Gasteiger partial charge < -0.3 is 10.2 Å². The molecule has 0 aromatic rings. The van der Waals surface area contributed by atoms with Gasteiger partial charge in [0.15, 0.2) is 0 Å². The maximum Gasteiger partial charge on any atom is 0.219 e. The molecule has 2 aliphatic carbocycles. The smallest absolute Gasteiger partial charge is 0.219 e. The molecule has 1 aliphatic heterocycles. The fraction of sp³-hybridized carbons (Fsp3) is 0.800. The number of piperidine rings is 1. The molecule has 0 spiro atoms. The van der Waals surface area contributed by atoms with Gasteiger partial charge in [-0.25, -0.2) is 0 Å². The van der Waals surface area contributed by atoms with E-state index in [1.54, 1.807) is 6.92 Å². The van der Waals surface area contributed by atoms with Crippen LogP contribution >= 0.6 is 0 Å². The van der Waals surface area contributed by atoms with Gasteiger partial charge in [0.25, 0.3) is 0 Å². The van der Waals surface area contributed by atoms with Gasteiger partial charge in [-0.15, -0.1) is 0 Å². The number of carbonyl (C=O) groups excluding carboxylic acids is 1. The number of fused-ring (bicyclic) bond motifs is 2. The molecule has 100 valence electrons. The van der Waals surface area contributed by atoms with E-state index in [0.717, 1.165) is 43.7 Å². The summed E-state index contributed by atoms with van der Waals surface area (Å²) in [6, 6.07) is 0.628. The maximum atomic E-state index is 11.3. The summed E-state index contributed by atoms with van der Waals surface area (Å²) in [5.74, 6) is 2.82. The zero-order valence-electron chi connectivity index (χ0n) is 11.3. The third-order valence-electron chi connectivity index (χ3n) is 5.03. The molecule has 3 unspecified atom stereocenters. The van der Waals surface area contributed by atoms with Crippen LogP contribution in [0.5, 0.6) is 0 Å². The predicted octanol–water partition coefficient (Wildman–Crippen LogP) is 1.80. The first kappa shape index (κ1) is 12.2. The highest BCUT2D eigenvalue weighted by atomic mass is 16.2. The summed E-state index contributed by atoms with van der Waals surface area (Å²) in [7, 11) is 0. The average Bonchev–Trinajstić information content (AvgIpc) is 2.99. The number of allylic oxidation sites excluding steroid dienone is 2. The molecule has 1 saturated carbocycles. The molecule has 3 rings (SSSR count). The summed E-state index contributed by atoms with van der Waals surface area (Å²) >= 11 is 0. The number of nitrogens with one attached hydrogen (secondary N) is 1. The normalized spacial score (nSPS) is 35.4. The van der Waals surface area contributed by atoms with Gasteiger partial charge in [0.1, 0.15) is 0 Å². The van der Waals surface area contributed by atoms with Crippen LogP contribution < -0.4 is 5.32 Å². The first-order valence-electron chi connectivity index (χ1n) is 7.39. The molecule has 18 heavy (non-hydrogen) atoms. The molecule has 3 aliphatic rings. The molecule has 2 fully saturated rings. The van der Waals surface area contributed by atoms with Crippen LogP contribution in [0, 0.1) is 17.8 Å². The summed E-state index contributed by atoms with van der Waals surface area (Å²) in [5.41, 5.74) is 0. The Hall–Kier alpha value is -0.830. The lowest BCUT2D eigenvalue weighted by molar-refractivity contribution is -0.129. The number of nitrogens with zero attached hydrogens (tertiary/aromatic N) is 1. The Morgan fingerprint density at radius 3 is 2.61 bits per heavy atom. The van der Waals surface area contributed by atoms with Gasteiger partial charge in [-0.3, -0.25) is 4.79 Å². The van der Waals surface area contributed by atoms with E-state index < -0.39 is 0 Å². The van der Waals surface area contributed by atoms with Crippen molar-refractivity contribution < 1.29 is 4.79 Å². The Kier molecular flexibility index (Phi) is 3.42. The van der Waals surface area contributed by atoms with Crippen LogP contribution in [0.15, 0.2) is 12.2 Å². The van der Waals surface area contributed by atoms with Crippen molar-refractivity contribution in [2.24, 2.45) is 17.8 Å². The molecule has 0 aromatic carbocycles. The van der Waals surface area contributed by atoms with E-state index in [9.17, 15) is 4.79 Å². The number of hydrogen-bond donors (Lipinski definition) is 1. The Bertz CT molecular complexity index is 344. The van der Waals surface area contributed by atoms with E-state index in [2.05, 4.69) is 17.5 Å². The van der Waals surface area contributed by atoms with Crippen LogP contribution in [0.4, 0.5) is 0 Å². The lowest BCUT2D eigenvalue weighted by Crippen LogP contribution is -2.45. The minimum Gasteiger partial charge on any atom is -0.343 e. The minimum atomic E-state index is 0.228. The topological polar surface area (TPSA) is 32.3 Å². The highest BCUT2D eigenvalue weighted by Gasteiger charge is 2.35. The van der Waals surface area contributed by atoms with Crippen molar-refractivity contribution in [2.75, 3.05) is 19.6 Å². The van der Waals surface area contributed by atoms with Crippen molar-refractivity contribution in [3.05, 3.63) is 12.2 Å². The highest BCUT2D eigenvalue weighted by Crippen LogP contribution is 2.43. The van der Waals surface area contributed by atoms with Crippen LogP contribution in [-0.4, -0.2) is 36.5 Å². The van der Waals surface area contributed by atoms with Gasteiger partial charge in [-0.05, 0) is 50.0 Å². The van der Waals surface area contributed by atoms with E-state index >= 15 is 0 Å². The molecule has 3 nitrogen and oxygen atoms in total. The molecular weight excluding hydrogens is 224 g/mol. The second-order valence-electron chi connectivity index (χ2n) is 6.23. The van der Waals surface area contributed by atoms with E-state index in [0.29, 0.717) is 6.04 Å². The quantitative estimate of drug-likeness (QED) is 0.772. The Balaban J connectivity index is 1.40. The van der Waals surface area contributed by atoms with Gasteiger partial charge in [-0.1, -0.05) is 12.2 Å². The van der Waals surface area contributed by atoms with Crippen molar-refractivity contribution in [2.45, 2.75) is 38.6 Å². The van der Waals surface area contributed by atoms with E-state index in [1.807, 2.05) is 4.90 Å². The van der Waals surface area contributed by atoms with Crippen LogP contribution in [0.25, 0.3) is 0 Å². The number of carbonyl (C=O) groups is 1. The lowest BCUT2D eigenvalue weighted by atomic mass is 9.93. The van der Waals surface area contributed by atoms with Crippen molar-refractivity contribution in [1.29, 1.82) is 0 Å². The standard InChI is InChI=1S/C15H24N2O/c1-11(18)17-6-4-15(5-7-17)16-10-14-9-12-2-3-13(14)8-12/h2-3,12-16H,4-10H2,1H3. The molecule has 1 heterocycles. The number of likely N-dealkylation sites (tertiary alicyclic amines) is 1. The molecule has 1 N–H and O–H groups in total. The van der Waals surface area contributed by atoms with Gasteiger partial charge >= 0.3 is 0 Å². The average molecular weight is 248 g/mol. The molecule has 3 atom stereocenters. The molecule has 1 saturated heterocycles. The lowest BCUT2D eigenvalue weighted by Gasteiger charge is -2.33. The summed E-state index contributed by atoms with van der Waals surface area (Å²) < 4.78 is 0. The van der Waals surface area contributed by atoms with Crippen LogP contribution in [0.3, 0.4) is 0 Å². The van der Waals surface area contributed by atoms with Gasteiger partial charge in [-0.2, -0.15) is 0 Å². The van der Waals surface area contributed by atoms with Gasteiger partial charge in [0.05, 0.1) is 0 Å². The van der Waals surface area contributed by atoms with Crippen LogP contribution in [0.2, 0.25) is 0 Å². The second kappa shape index (κ2) is 5.04. The molecule has 1 amide bonds. The molecule has 0 aromatic heterocycles. The number of rotatable bonds is 3. The Morgan fingerprint density at radius 1 is 1.28 bits per heavy atom. The summed E-state index contributed by atoms with van der Waals surface area (Å²) in [6.45, 7) is 4.72. The van der Waals surface area contributed by atoms with Crippen molar-refractivity contribution >= 4 is 5.91 Å². The monoisotopic (exact) mass is 248 g/mol. The fourth-order valence-corrected chi connectivity index (χ4v) is 3.85. The predicted molar refractivity (Wildman–Crippen MR) is 72.1 cm³/mol. The second-order valence-corrected chi connectivity index (χ2v) is 6.23. The summed E-state index contributed by atoms with van der Waals surface area (Å²) in [5, 5.41) is 3.74. The molecular formula is C15H24N2O. The highest BCUT2D eigenvalue weighted by molar-refractivity contribution is 5.73. The molecule has 3 heteroatoms. The first-order valence-corrected chi connectivity index (χ1v) is 7.39. The van der Waals surface area contributed by atoms with Crippen molar-refractivity contribution in [3.63, 3.8) is 0 Å². The Labute approximate surface area is 110 Å². The number of hydrogen-bond acceptors (Lipinski definition) is 2. The SMILES string of the molecule is CC(=O)N1CCC(NCC2CC3C=CC2C3)CC1. The third-order valence-corrected chi connectivity index (χ3v) is 5.03. The molecule has 0 radical (unpaired) electrons. The molecule has 2 bridgehead atoms. The third kappa shape index (κ3) is 2.46. The van der Waals surface area contributed by atoms with Crippen LogP contribution in [-0.2, 0) is 4.79 Å². The summed E-state index contributed by atoms with van der Waals surface area (Å²) in [6.07, 6.45) is 9.87. The van der Waals surface area contributed by atoms with Crippen LogP contribution in [0.1, 0.15) is 32.6 Å². The first-order chi connectivity index (χ1) is 8.72. The van der Waals surface area contributed by atoms with Crippen molar-refractivity contribution in [1.82, 2.24) is 10.2 Å². The van der Waals surface area contributed by atoms with Gasteiger partial charge in [0.2, 0.25) is 5.91 Å². The maximum absolute atomic E-state index is 11.3. The zero-order chi connectivity index (χ0) is 12.5.